The van der Waals surface area contributed by atoms with E-state index in [0.717, 1.165) is 29.1 Å². The Hall–Kier alpha value is -2.84. The van der Waals surface area contributed by atoms with Crippen molar-refractivity contribution in [1.29, 1.82) is 0 Å². The van der Waals surface area contributed by atoms with Crippen LogP contribution in [0, 0.1) is 27.7 Å². The van der Waals surface area contributed by atoms with E-state index in [2.05, 4.69) is 68.3 Å². The maximum atomic E-state index is 5.52. The summed E-state index contributed by atoms with van der Waals surface area (Å²) >= 11 is 7.25. The van der Waals surface area contributed by atoms with Gasteiger partial charge in [-0.1, -0.05) is 23.8 Å². The summed E-state index contributed by atoms with van der Waals surface area (Å²) in [6.45, 7) is 8.61. The van der Waals surface area contributed by atoms with Crippen molar-refractivity contribution in [2.24, 2.45) is 4.99 Å². The van der Waals surface area contributed by atoms with E-state index in [-0.39, 0.29) is 0 Å². The van der Waals surface area contributed by atoms with Crippen LogP contribution in [0.5, 0.6) is 0 Å². The third-order valence-corrected chi connectivity index (χ3v) is 5.42. The second-order valence-corrected chi connectivity index (χ2v) is 8.50. The topological polar surface area (TPSA) is 74.2 Å². The van der Waals surface area contributed by atoms with Gasteiger partial charge in [-0.3, -0.25) is 10.3 Å². The number of thiophene rings is 1. The third-order valence-electron chi connectivity index (χ3n) is 4.28. The second kappa shape index (κ2) is 10.3. The summed E-state index contributed by atoms with van der Waals surface area (Å²) in [7, 11) is 0. The second-order valence-electron chi connectivity index (χ2n) is 7.06. The summed E-state index contributed by atoms with van der Waals surface area (Å²) in [5.74, 6) is 1.00. The van der Waals surface area contributed by atoms with Gasteiger partial charge in [-0.25, -0.2) is 9.97 Å². The van der Waals surface area contributed by atoms with E-state index < -0.39 is 0 Å². The SMILES string of the molecule is Cc1ccc(NC(=S)NC(=NCCc2cccs2)Nc2nc(C)cc(C)n2)c(C)c1. The molecule has 0 radical (unpaired) electrons. The maximum absolute atomic E-state index is 5.52. The normalized spacial score (nSPS) is 11.3. The van der Waals surface area contributed by atoms with Crippen LogP contribution in [0.3, 0.4) is 0 Å². The van der Waals surface area contributed by atoms with Gasteiger partial charge in [-0.05, 0) is 69.1 Å². The first-order valence-electron chi connectivity index (χ1n) is 9.70. The molecule has 1 aromatic carbocycles. The predicted octanol–water partition coefficient (Wildman–Crippen LogP) is 4.77. The number of thiocarbonyl (C=S) groups is 1. The average Bonchev–Trinajstić information content (AvgIpc) is 3.16. The summed E-state index contributed by atoms with van der Waals surface area (Å²) in [5, 5.41) is 12.1. The van der Waals surface area contributed by atoms with Crippen LogP contribution in [0.15, 0.2) is 46.8 Å². The lowest BCUT2D eigenvalue weighted by Gasteiger charge is -2.15. The summed E-state index contributed by atoms with van der Waals surface area (Å²) in [6.07, 6.45) is 0.857. The minimum atomic E-state index is 0.453. The summed E-state index contributed by atoms with van der Waals surface area (Å²) in [5.41, 5.74) is 5.07. The van der Waals surface area contributed by atoms with Crippen LogP contribution >= 0.6 is 23.6 Å². The number of nitrogens with zero attached hydrogens (tertiary/aromatic N) is 3. The van der Waals surface area contributed by atoms with Crippen LogP contribution in [-0.4, -0.2) is 27.6 Å². The molecule has 8 heteroatoms. The molecule has 0 bridgehead atoms. The first-order valence-corrected chi connectivity index (χ1v) is 11.0. The molecule has 0 fully saturated rings. The Morgan fingerprint density at radius 2 is 1.80 bits per heavy atom. The molecule has 2 heterocycles. The molecule has 3 rings (SSSR count). The molecule has 3 aromatic rings. The molecule has 0 saturated carbocycles. The van der Waals surface area contributed by atoms with Crippen molar-refractivity contribution >= 4 is 46.3 Å². The van der Waals surface area contributed by atoms with Gasteiger partial charge >= 0.3 is 0 Å². The fourth-order valence-electron chi connectivity index (χ4n) is 2.95. The van der Waals surface area contributed by atoms with Crippen molar-refractivity contribution in [3.8, 4) is 0 Å². The molecular weight excluding hydrogens is 412 g/mol. The van der Waals surface area contributed by atoms with E-state index in [1.165, 1.54) is 10.4 Å². The minimum Gasteiger partial charge on any atom is -0.332 e. The number of guanidine groups is 1. The lowest BCUT2D eigenvalue weighted by atomic mass is 10.1. The Morgan fingerprint density at radius 3 is 2.47 bits per heavy atom. The Morgan fingerprint density at radius 1 is 1.03 bits per heavy atom. The van der Waals surface area contributed by atoms with Crippen LogP contribution in [-0.2, 0) is 6.42 Å². The number of aliphatic imine (C=N–C) groups is 1. The zero-order chi connectivity index (χ0) is 21.5. The fraction of sp³-hybridized carbons (Fsp3) is 0.273. The average molecular weight is 439 g/mol. The van der Waals surface area contributed by atoms with Gasteiger partial charge in [0, 0.05) is 34.9 Å². The fourth-order valence-corrected chi connectivity index (χ4v) is 3.85. The lowest BCUT2D eigenvalue weighted by Crippen LogP contribution is -2.39. The van der Waals surface area contributed by atoms with Crippen molar-refractivity contribution in [2.45, 2.75) is 34.1 Å². The van der Waals surface area contributed by atoms with E-state index >= 15 is 0 Å². The monoisotopic (exact) mass is 438 g/mol. The number of hydrogen-bond donors (Lipinski definition) is 3. The molecular formula is C22H26N6S2. The molecule has 0 unspecified atom stereocenters. The number of hydrogen-bond acceptors (Lipinski definition) is 5. The van der Waals surface area contributed by atoms with Crippen LogP contribution in [0.25, 0.3) is 0 Å². The number of anilines is 2. The van der Waals surface area contributed by atoms with Crippen molar-refractivity contribution < 1.29 is 0 Å². The van der Waals surface area contributed by atoms with E-state index in [1.807, 2.05) is 32.0 Å². The molecule has 156 valence electrons. The van der Waals surface area contributed by atoms with Crippen LogP contribution < -0.4 is 16.0 Å². The first kappa shape index (κ1) is 21.9. The first-order chi connectivity index (χ1) is 14.4. The minimum absolute atomic E-state index is 0.453. The van der Waals surface area contributed by atoms with E-state index in [1.54, 1.807) is 11.3 Å². The van der Waals surface area contributed by atoms with Crippen LogP contribution in [0.2, 0.25) is 0 Å². The quantitative estimate of drug-likeness (QED) is 0.303. The number of nitrogens with one attached hydrogen (secondary N) is 3. The van der Waals surface area contributed by atoms with Gasteiger partial charge in [-0.15, -0.1) is 11.3 Å². The Kier molecular flexibility index (Phi) is 7.48. The number of rotatable bonds is 5. The Balaban J connectivity index is 1.72. The van der Waals surface area contributed by atoms with Crippen LogP contribution in [0.1, 0.15) is 27.4 Å². The molecule has 2 aromatic heterocycles. The van der Waals surface area contributed by atoms with Gasteiger partial charge in [0.15, 0.2) is 5.11 Å². The van der Waals surface area contributed by atoms with Crippen molar-refractivity contribution in [3.05, 3.63) is 69.2 Å². The molecule has 0 amide bonds. The van der Waals surface area contributed by atoms with Gasteiger partial charge < -0.3 is 10.6 Å². The van der Waals surface area contributed by atoms with Gasteiger partial charge in [-0.2, -0.15) is 0 Å². The molecule has 0 spiro atoms. The van der Waals surface area contributed by atoms with Gasteiger partial charge in [0.2, 0.25) is 11.9 Å². The van der Waals surface area contributed by atoms with Crippen molar-refractivity contribution in [1.82, 2.24) is 15.3 Å². The Labute approximate surface area is 186 Å². The third kappa shape index (κ3) is 6.60. The highest BCUT2D eigenvalue weighted by molar-refractivity contribution is 7.80. The van der Waals surface area contributed by atoms with E-state index in [4.69, 9.17) is 12.2 Å². The summed E-state index contributed by atoms with van der Waals surface area (Å²) < 4.78 is 0. The van der Waals surface area contributed by atoms with E-state index in [9.17, 15) is 0 Å². The maximum Gasteiger partial charge on any atom is 0.229 e. The molecule has 30 heavy (non-hydrogen) atoms. The van der Waals surface area contributed by atoms with E-state index in [0.29, 0.717) is 23.6 Å². The van der Waals surface area contributed by atoms with Crippen molar-refractivity contribution in [3.63, 3.8) is 0 Å². The highest BCUT2D eigenvalue weighted by atomic mass is 32.1. The standard InChI is InChI=1S/C22H26N6S2/c1-14-7-8-19(15(2)12-14)26-22(29)28-20(23-10-9-18-6-5-11-30-18)27-21-24-16(3)13-17(4)25-21/h5-8,11-13H,9-10H2,1-4H3,(H3,23,24,25,26,27,28,29). The molecule has 0 atom stereocenters. The van der Waals surface area contributed by atoms with Gasteiger partial charge in [0.05, 0.1) is 0 Å². The Bertz CT molecular complexity index is 1020. The molecule has 0 aliphatic heterocycles. The molecule has 6 nitrogen and oxygen atoms in total. The molecule has 0 aliphatic rings. The predicted molar refractivity (Wildman–Crippen MR) is 131 cm³/mol. The highest BCUT2D eigenvalue weighted by Crippen LogP contribution is 2.16. The smallest absolute Gasteiger partial charge is 0.229 e. The van der Waals surface area contributed by atoms with Crippen LogP contribution in [0.4, 0.5) is 11.6 Å². The van der Waals surface area contributed by atoms with Crippen molar-refractivity contribution in [2.75, 3.05) is 17.2 Å². The van der Waals surface area contributed by atoms with Gasteiger partial charge in [0.25, 0.3) is 0 Å². The van der Waals surface area contributed by atoms with Gasteiger partial charge in [0.1, 0.15) is 0 Å². The molecule has 3 N–H and O–H groups in total. The molecule has 0 saturated heterocycles. The zero-order valence-electron chi connectivity index (χ0n) is 17.6. The largest absolute Gasteiger partial charge is 0.332 e. The zero-order valence-corrected chi connectivity index (χ0v) is 19.2. The number of aromatic nitrogens is 2. The number of benzene rings is 1. The summed E-state index contributed by atoms with van der Waals surface area (Å²) in [4.78, 5) is 14.8. The molecule has 0 aliphatic carbocycles. The highest BCUT2D eigenvalue weighted by Gasteiger charge is 2.08. The lowest BCUT2D eigenvalue weighted by molar-refractivity contribution is 0.973. The number of aryl methyl sites for hydroxylation is 4. The summed E-state index contributed by atoms with van der Waals surface area (Å²) in [6, 6.07) is 12.3.